The van der Waals surface area contributed by atoms with Crippen LogP contribution in [0.2, 0.25) is 0 Å². The molecule has 0 spiro atoms. The van der Waals surface area contributed by atoms with Crippen molar-refractivity contribution in [3.05, 3.63) is 0 Å². The van der Waals surface area contributed by atoms with Crippen molar-refractivity contribution in [2.45, 2.75) is 58.3 Å². The number of hydrogen-bond acceptors (Lipinski definition) is 1. The summed E-state index contributed by atoms with van der Waals surface area (Å²) in [6, 6.07) is 0. The number of rotatable bonds is 8. The fraction of sp³-hybridized carbons (Fsp3) is 1.00. The van der Waals surface area contributed by atoms with Crippen LogP contribution < -0.4 is 0 Å². The van der Waals surface area contributed by atoms with Crippen molar-refractivity contribution < 1.29 is 5.11 Å². The van der Waals surface area contributed by atoms with Crippen molar-refractivity contribution in [3.8, 4) is 0 Å². The number of unbranched alkanes of at least 4 members (excludes halogenated alkanes) is 7. The number of hydrogen-bond donors (Lipinski definition) is 1. The molecule has 0 aliphatic rings. The minimum absolute atomic E-state index is 0. The van der Waals surface area contributed by atoms with Crippen LogP contribution in [0.4, 0.5) is 0 Å². The van der Waals surface area contributed by atoms with E-state index in [9.17, 15) is 0 Å². The fourth-order valence-corrected chi connectivity index (χ4v) is 1.25. The van der Waals surface area contributed by atoms with Gasteiger partial charge >= 0.3 is 17.1 Å². The van der Waals surface area contributed by atoms with Gasteiger partial charge in [0.2, 0.25) is 0 Å². The maximum atomic E-state index is 8.51. The van der Waals surface area contributed by atoms with Gasteiger partial charge in [0.1, 0.15) is 0 Å². The summed E-state index contributed by atoms with van der Waals surface area (Å²) in [7, 11) is 0. The van der Waals surface area contributed by atoms with Crippen LogP contribution in [0.5, 0.6) is 0 Å². The normalized spacial score (nSPS) is 9.50. The molecule has 0 fully saturated rings. The van der Waals surface area contributed by atoms with Gasteiger partial charge in [0, 0.05) is 6.61 Å². The third kappa shape index (κ3) is 13.1. The molecule has 0 aromatic rings. The number of aliphatic hydroxyl groups is 1. The molecule has 0 unspecified atom stereocenters. The molecular formula is C10H24OSe. The van der Waals surface area contributed by atoms with E-state index in [1.807, 2.05) is 0 Å². The molecule has 0 aliphatic carbocycles. The standard InChI is InChI=1S/C10H22O.H2Se/c1-2-3-4-5-6-7-8-9-10-11;/h11H,2-10H2,1H3;1H2. The average Bonchev–Trinajstić information content (AvgIpc) is 2.03. The van der Waals surface area contributed by atoms with Gasteiger partial charge < -0.3 is 5.11 Å². The molecule has 0 heterocycles. The Labute approximate surface area is 87.4 Å². The Hall–Kier alpha value is 0.479. The van der Waals surface area contributed by atoms with Gasteiger partial charge in [-0.2, -0.15) is 0 Å². The van der Waals surface area contributed by atoms with E-state index in [2.05, 4.69) is 6.92 Å². The fourth-order valence-electron chi connectivity index (χ4n) is 1.25. The molecule has 1 nitrogen and oxygen atoms in total. The quantitative estimate of drug-likeness (QED) is 0.508. The van der Waals surface area contributed by atoms with Crippen molar-refractivity contribution in [1.29, 1.82) is 0 Å². The van der Waals surface area contributed by atoms with Gasteiger partial charge in [-0.15, -0.1) is 0 Å². The van der Waals surface area contributed by atoms with Crippen LogP contribution in [0.1, 0.15) is 58.3 Å². The molecule has 2 heteroatoms. The molecule has 0 aliphatic heterocycles. The second kappa shape index (κ2) is 14.0. The van der Waals surface area contributed by atoms with Crippen LogP contribution in [0, 0.1) is 0 Å². The Kier molecular flexibility index (Phi) is 17.5. The summed E-state index contributed by atoms with van der Waals surface area (Å²) >= 11 is 0. The summed E-state index contributed by atoms with van der Waals surface area (Å²) in [5, 5.41) is 8.51. The zero-order valence-corrected chi connectivity index (χ0v) is 10.4. The van der Waals surface area contributed by atoms with Crippen LogP contribution in [0.3, 0.4) is 0 Å². The summed E-state index contributed by atoms with van der Waals surface area (Å²) in [6.07, 6.45) is 10.4. The van der Waals surface area contributed by atoms with Crippen LogP contribution in [0.25, 0.3) is 0 Å². The van der Waals surface area contributed by atoms with E-state index in [0.29, 0.717) is 6.61 Å². The topological polar surface area (TPSA) is 20.2 Å². The first kappa shape index (κ1) is 15.0. The zero-order valence-electron chi connectivity index (χ0n) is 8.31. The number of aliphatic hydroxyl groups excluding tert-OH is 1. The maximum absolute atomic E-state index is 8.51. The van der Waals surface area contributed by atoms with Crippen molar-refractivity contribution in [3.63, 3.8) is 0 Å². The SMILES string of the molecule is CCCCCCCCCCO.[SeH2]. The first-order valence-corrected chi connectivity index (χ1v) is 5.02. The molecule has 0 aromatic carbocycles. The third-order valence-electron chi connectivity index (χ3n) is 2.01. The molecule has 12 heavy (non-hydrogen) atoms. The molecule has 0 radical (unpaired) electrons. The summed E-state index contributed by atoms with van der Waals surface area (Å²) in [5.74, 6) is 0. The molecule has 0 saturated heterocycles. The van der Waals surface area contributed by atoms with E-state index >= 15 is 0 Å². The Morgan fingerprint density at radius 3 is 1.58 bits per heavy atom. The molecule has 0 saturated carbocycles. The van der Waals surface area contributed by atoms with Gasteiger partial charge in [0.15, 0.2) is 0 Å². The molecule has 0 atom stereocenters. The molecule has 76 valence electrons. The van der Waals surface area contributed by atoms with Gasteiger partial charge in [-0.1, -0.05) is 51.9 Å². The van der Waals surface area contributed by atoms with Crippen molar-refractivity contribution in [1.82, 2.24) is 0 Å². The molecular weight excluding hydrogens is 215 g/mol. The first-order valence-electron chi connectivity index (χ1n) is 5.02. The molecule has 1 N–H and O–H groups in total. The van der Waals surface area contributed by atoms with Gasteiger partial charge in [-0.3, -0.25) is 0 Å². The Balaban J connectivity index is 0. The molecule has 0 rings (SSSR count). The molecule has 0 amide bonds. The van der Waals surface area contributed by atoms with E-state index < -0.39 is 0 Å². The first-order chi connectivity index (χ1) is 5.41. The van der Waals surface area contributed by atoms with Crippen LogP contribution >= 0.6 is 0 Å². The molecule has 0 aromatic heterocycles. The second-order valence-corrected chi connectivity index (χ2v) is 3.20. The molecule has 0 bridgehead atoms. The van der Waals surface area contributed by atoms with Gasteiger partial charge in [-0.05, 0) is 6.42 Å². The second-order valence-electron chi connectivity index (χ2n) is 3.20. The Bertz CT molecular complexity index is 58.9. The minimum atomic E-state index is 0. The predicted octanol–water partition coefficient (Wildman–Crippen LogP) is 2.20. The van der Waals surface area contributed by atoms with Crippen LogP contribution in [0.15, 0.2) is 0 Å². The van der Waals surface area contributed by atoms with E-state index in [1.54, 1.807) is 0 Å². The Morgan fingerprint density at radius 1 is 0.750 bits per heavy atom. The van der Waals surface area contributed by atoms with E-state index in [-0.39, 0.29) is 17.1 Å². The van der Waals surface area contributed by atoms with Crippen molar-refractivity contribution in [2.24, 2.45) is 0 Å². The van der Waals surface area contributed by atoms with E-state index in [4.69, 9.17) is 5.11 Å². The average molecular weight is 239 g/mol. The summed E-state index contributed by atoms with van der Waals surface area (Å²) in [6.45, 7) is 2.61. The van der Waals surface area contributed by atoms with Gasteiger partial charge in [-0.25, -0.2) is 0 Å². The van der Waals surface area contributed by atoms with E-state index in [0.717, 1.165) is 6.42 Å². The summed E-state index contributed by atoms with van der Waals surface area (Å²) < 4.78 is 0. The zero-order chi connectivity index (χ0) is 8.36. The van der Waals surface area contributed by atoms with E-state index in [1.165, 1.54) is 44.9 Å². The van der Waals surface area contributed by atoms with Gasteiger partial charge in [0.25, 0.3) is 0 Å². The van der Waals surface area contributed by atoms with Crippen LogP contribution in [-0.2, 0) is 0 Å². The Morgan fingerprint density at radius 2 is 1.17 bits per heavy atom. The third-order valence-corrected chi connectivity index (χ3v) is 2.01. The van der Waals surface area contributed by atoms with Crippen LogP contribution in [-0.4, -0.2) is 28.8 Å². The summed E-state index contributed by atoms with van der Waals surface area (Å²) in [4.78, 5) is 0. The van der Waals surface area contributed by atoms with Crippen molar-refractivity contribution >= 4 is 17.1 Å². The monoisotopic (exact) mass is 240 g/mol. The summed E-state index contributed by atoms with van der Waals surface area (Å²) in [5.41, 5.74) is 0. The van der Waals surface area contributed by atoms with Crippen molar-refractivity contribution in [2.75, 3.05) is 6.61 Å². The predicted molar refractivity (Wildman–Crippen MR) is 58.2 cm³/mol. The van der Waals surface area contributed by atoms with Gasteiger partial charge in [0.05, 0.1) is 0 Å².